The van der Waals surface area contributed by atoms with Crippen molar-refractivity contribution in [1.82, 2.24) is 4.90 Å². The van der Waals surface area contributed by atoms with Crippen molar-refractivity contribution in [3.05, 3.63) is 29.3 Å². The van der Waals surface area contributed by atoms with Crippen LogP contribution in [-0.4, -0.2) is 67.9 Å². The molecule has 48 heavy (non-hydrogen) atoms. The maximum absolute atomic E-state index is 13.4. The number of hydrogen-bond donors (Lipinski definition) is 2. The van der Waals surface area contributed by atoms with Gasteiger partial charge in [0, 0.05) is 18.3 Å². The van der Waals surface area contributed by atoms with E-state index in [9.17, 15) is 40.3 Å². The molecule has 0 aliphatic heterocycles. The van der Waals surface area contributed by atoms with E-state index in [1.165, 1.54) is 11.8 Å². The van der Waals surface area contributed by atoms with E-state index in [2.05, 4.69) is 11.8 Å². The van der Waals surface area contributed by atoms with E-state index in [4.69, 9.17) is 9.32 Å². The number of thioether (sulfide) groups is 1. The van der Waals surface area contributed by atoms with Crippen LogP contribution in [0.5, 0.6) is 5.75 Å². The SMILES string of the molecule is CN(CCCCC[C@H]1[C@@H]2C(CC[C@@]3(C)C2CC(=O)C32CC2)c2ccc(OS(N)(=O)=O)cc2[C@H]1O)CCCSCCCC(F)(F)C(F)(F)F. The number of rotatable bonds is 16. The van der Waals surface area contributed by atoms with Crippen LogP contribution in [0.2, 0.25) is 0 Å². The molecule has 5 rings (SSSR count). The Hall–Kier alpha value is -1.48. The van der Waals surface area contributed by atoms with Crippen LogP contribution in [-0.2, 0) is 15.1 Å². The smallest absolute Gasteiger partial charge is 0.388 e. The fraction of sp³-hybridized carbons (Fsp3) is 0.794. The highest BCUT2D eigenvalue weighted by molar-refractivity contribution is 7.99. The van der Waals surface area contributed by atoms with Crippen LogP contribution in [0, 0.1) is 28.6 Å². The topological polar surface area (TPSA) is 110 Å². The monoisotopic (exact) mass is 724 g/mol. The second kappa shape index (κ2) is 14.3. The predicted octanol–water partition coefficient (Wildman–Crippen LogP) is 7.39. The van der Waals surface area contributed by atoms with Crippen molar-refractivity contribution in [2.24, 2.45) is 33.7 Å². The van der Waals surface area contributed by atoms with Crippen LogP contribution in [0.4, 0.5) is 22.0 Å². The summed E-state index contributed by atoms with van der Waals surface area (Å²) >= 11 is 1.40. The number of aliphatic hydroxyl groups is 1. The molecule has 1 spiro atoms. The molecule has 2 unspecified atom stereocenters. The molecule has 3 N–H and O–H groups in total. The van der Waals surface area contributed by atoms with Crippen molar-refractivity contribution < 1.29 is 44.5 Å². The van der Waals surface area contributed by atoms with Gasteiger partial charge in [0.15, 0.2) is 0 Å². The number of hydrogen-bond acceptors (Lipinski definition) is 7. The molecule has 0 radical (unpaired) electrons. The van der Waals surface area contributed by atoms with Gasteiger partial charge in [-0.25, -0.2) is 0 Å². The first-order chi connectivity index (χ1) is 22.4. The van der Waals surface area contributed by atoms with E-state index in [0.29, 0.717) is 23.5 Å². The van der Waals surface area contributed by atoms with Crippen molar-refractivity contribution in [2.75, 3.05) is 31.6 Å². The largest absolute Gasteiger partial charge is 0.453 e. The summed E-state index contributed by atoms with van der Waals surface area (Å²) in [5.41, 5.74) is 1.43. The fourth-order valence-electron chi connectivity index (χ4n) is 9.39. The zero-order valence-corrected chi connectivity index (χ0v) is 29.4. The Labute approximate surface area is 285 Å². The van der Waals surface area contributed by atoms with E-state index >= 15 is 0 Å². The minimum Gasteiger partial charge on any atom is -0.388 e. The molecule has 272 valence electrons. The zero-order valence-electron chi connectivity index (χ0n) is 27.7. The predicted molar refractivity (Wildman–Crippen MR) is 175 cm³/mol. The molecule has 14 heteroatoms. The Bertz CT molecular complexity index is 1420. The summed E-state index contributed by atoms with van der Waals surface area (Å²) < 4.78 is 91.1. The molecular weight excluding hydrogens is 676 g/mol. The third kappa shape index (κ3) is 7.72. The van der Waals surface area contributed by atoms with Gasteiger partial charge >= 0.3 is 22.4 Å². The van der Waals surface area contributed by atoms with Crippen molar-refractivity contribution in [3.8, 4) is 5.75 Å². The lowest BCUT2D eigenvalue weighted by atomic mass is 9.50. The van der Waals surface area contributed by atoms with Crippen molar-refractivity contribution >= 4 is 27.8 Å². The number of aliphatic hydroxyl groups excluding tert-OH is 1. The molecule has 3 fully saturated rings. The van der Waals surface area contributed by atoms with Gasteiger partial charge in [-0.1, -0.05) is 25.8 Å². The Morgan fingerprint density at radius 1 is 1.02 bits per heavy atom. The lowest BCUT2D eigenvalue weighted by molar-refractivity contribution is -0.284. The van der Waals surface area contributed by atoms with Gasteiger partial charge in [0.2, 0.25) is 0 Å². The molecule has 6 atom stereocenters. The number of fused-ring (bicyclic) bond motifs is 6. The Kier molecular flexibility index (Phi) is 11.2. The second-order valence-corrected chi connectivity index (χ2v) is 17.2. The number of nitrogens with two attached hydrogens (primary N) is 1. The lowest BCUT2D eigenvalue weighted by Gasteiger charge is -2.54. The van der Waals surface area contributed by atoms with E-state index in [1.54, 1.807) is 12.1 Å². The number of ketones is 1. The normalized spacial score (nSPS) is 29.5. The average molecular weight is 725 g/mol. The van der Waals surface area contributed by atoms with Gasteiger partial charge in [0.05, 0.1) is 6.10 Å². The van der Waals surface area contributed by atoms with Gasteiger partial charge in [-0.2, -0.15) is 47.3 Å². The number of unbranched alkanes of at least 4 members (excludes halogenated alkanes) is 2. The highest BCUT2D eigenvalue weighted by Crippen LogP contribution is 2.75. The minimum absolute atomic E-state index is 0.0629. The number of halogens is 5. The summed E-state index contributed by atoms with van der Waals surface area (Å²) in [6, 6.07) is 5.06. The van der Waals surface area contributed by atoms with Crippen LogP contribution >= 0.6 is 11.8 Å². The first kappa shape index (κ1) is 37.8. The summed E-state index contributed by atoms with van der Waals surface area (Å²) in [6.45, 7) is 3.96. The molecule has 3 saturated carbocycles. The van der Waals surface area contributed by atoms with Gasteiger partial charge in [-0.15, -0.1) is 0 Å². The summed E-state index contributed by atoms with van der Waals surface area (Å²) in [5, 5.41) is 17.0. The number of Topliss-reactive ketones (excluding diaryl/α,β-unsaturated/α-hetero) is 1. The Morgan fingerprint density at radius 3 is 2.38 bits per heavy atom. The summed E-state index contributed by atoms with van der Waals surface area (Å²) in [7, 11) is -2.21. The molecule has 1 aromatic rings. The minimum atomic E-state index is -5.49. The van der Waals surface area contributed by atoms with Crippen LogP contribution in [0.15, 0.2) is 18.2 Å². The number of alkyl halides is 5. The number of carbonyl (C=O) groups excluding carboxylic acids is 1. The molecule has 4 aliphatic rings. The highest BCUT2D eigenvalue weighted by atomic mass is 32.2. The standard InChI is InChI=1S/C34H49F5N2O5S2/c1-31-13-11-24-23-10-9-22(46-48(40,44)45)20-26(23)30(43)25(29(24)27(31)21-28(42)32(31)14-15-32)8-4-3-5-16-41(2)17-7-19-47-18-6-12-33(35,36)34(37,38)39/h9-10,20,24-25,27,29-30,43H,3-8,11-19,21H2,1-2H3,(H2,40,44,45)/t24?,25-,27?,29-,30-,31-/m0/s1. The molecule has 7 nitrogen and oxygen atoms in total. The van der Waals surface area contributed by atoms with Crippen LogP contribution in [0.3, 0.4) is 0 Å². The second-order valence-electron chi connectivity index (χ2n) is 14.9. The van der Waals surface area contributed by atoms with Crippen LogP contribution in [0.25, 0.3) is 0 Å². The summed E-state index contributed by atoms with van der Waals surface area (Å²) in [4.78, 5) is 15.6. The molecular formula is C34H49F5N2O5S2. The maximum Gasteiger partial charge on any atom is 0.453 e. The number of carbonyl (C=O) groups is 1. The maximum atomic E-state index is 13.4. The third-order valence-electron chi connectivity index (χ3n) is 12.0. The van der Waals surface area contributed by atoms with Gasteiger partial charge in [-0.05, 0) is 135 Å². The van der Waals surface area contributed by atoms with E-state index in [-0.39, 0.29) is 52.4 Å². The van der Waals surface area contributed by atoms with Crippen molar-refractivity contribution in [2.45, 2.75) is 108 Å². The molecule has 1 aromatic carbocycles. The first-order valence-electron chi connectivity index (χ1n) is 17.2. The number of nitrogens with zero attached hydrogens (tertiary/aromatic N) is 1. The lowest BCUT2D eigenvalue weighted by Crippen LogP contribution is -2.47. The molecule has 0 aromatic heterocycles. The van der Waals surface area contributed by atoms with Crippen LogP contribution in [0.1, 0.15) is 107 Å². The van der Waals surface area contributed by atoms with Crippen molar-refractivity contribution in [3.63, 3.8) is 0 Å². The van der Waals surface area contributed by atoms with E-state index in [1.807, 2.05) is 13.1 Å². The van der Waals surface area contributed by atoms with E-state index in [0.717, 1.165) is 76.4 Å². The molecule has 0 bridgehead atoms. The Morgan fingerprint density at radius 2 is 1.71 bits per heavy atom. The number of benzene rings is 1. The van der Waals surface area contributed by atoms with Gasteiger partial charge < -0.3 is 14.2 Å². The third-order valence-corrected chi connectivity index (χ3v) is 13.6. The molecule has 0 amide bonds. The highest BCUT2D eigenvalue weighted by Gasteiger charge is 2.72. The van der Waals surface area contributed by atoms with Gasteiger partial charge in [0.1, 0.15) is 11.5 Å². The first-order valence-corrected chi connectivity index (χ1v) is 19.8. The molecule has 4 aliphatic carbocycles. The average Bonchev–Trinajstić information content (AvgIpc) is 3.77. The zero-order chi connectivity index (χ0) is 35.1. The van der Waals surface area contributed by atoms with Crippen LogP contribution < -0.4 is 9.32 Å². The quantitative estimate of drug-likeness (QED) is 0.135. The molecule has 0 heterocycles. The summed E-state index contributed by atoms with van der Waals surface area (Å²) in [6.07, 6.45) is 1.05. The van der Waals surface area contributed by atoms with E-state index < -0.39 is 34.9 Å². The van der Waals surface area contributed by atoms with Gasteiger partial charge in [-0.3, -0.25) is 4.79 Å². The fourth-order valence-corrected chi connectivity index (χ4v) is 10.7. The molecule has 0 saturated heterocycles. The van der Waals surface area contributed by atoms with Gasteiger partial charge in [0.25, 0.3) is 0 Å². The Balaban J connectivity index is 1.13. The summed E-state index contributed by atoms with van der Waals surface area (Å²) in [5.74, 6) is -2.77. The van der Waals surface area contributed by atoms with Crippen molar-refractivity contribution in [1.29, 1.82) is 0 Å².